The SMILES string of the molecule is NCc1nnc(Nc2ccc(Cl)cc2Cl)o1. The van der Waals surface area contributed by atoms with Crippen LogP contribution >= 0.6 is 23.2 Å². The Labute approximate surface area is 102 Å². The summed E-state index contributed by atoms with van der Waals surface area (Å²) in [6, 6.07) is 5.28. The van der Waals surface area contributed by atoms with Crippen LogP contribution in [-0.2, 0) is 6.54 Å². The van der Waals surface area contributed by atoms with E-state index < -0.39 is 0 Å². The van der Waals surface area contributed by atoms with Crippen LogP contribution in [-0.4, -0.2) is 10.2 Å². The van der Waals surface area contributed by atoms with E-state index in [1.807, 2.05) is 0 Å². The van der Waals surface area contributed by atoms with E-state index in [2.05, 4.69) is 15.5 Å². The largest absolute Gasteiger partial charge is 0.406 e. The standard InChI is InChI=1S/C9H8Cl2N4O/c10-5-1-2-7(6(11)3-5)13-9-15-14-8(4-12)16-9/h1-3H,4,12H2,(H,13,15). The molecule has 0 aliphatic rings. The van der Waals surface area contributed by atoms with Gasteiger partial charge in [0, 0.05) is 5.02 Å². The zero-order valence-electron chi connectivity index (χ0n) is 8.08. The number of anilines is 2. The van der Waals surface area contributed by atoms with E-state index in [1.165, 1.54) is 0 Å². The number of nitrogens with one attached hydrogen (secondary N) is 1. The summed E-state index contributed by atoms with van der Waals surface area (Å²) in [7, 11) is 0. The molecule has 16 heavy (non-hydrogen) atoms. The summed E-state index contributed by atoms with van der Waals surface area (Å²) in [5.74, 6) is 0.354. The summed E-state index contributed by atoms with van der Waals surface area (Å²) in [5.41, 5.74) is 5.98. The highest BCUT2D eigenvalue weighted by Crippen LogP contribution is 2.27. The normalized spacial score (nSPS) is 10.4. The van der Waals surface area contributed by atoms with E-state index in [0.717, 1.165) is 0 Å². The van der Waals surface area contributed by atoms with Crippen molar-refractivity contribution in [1.29, 1.82) is 0 Å². The molecule has 2 aromatic rings. The first kappa shape index (κ1) is 11.2. The average molecular weight is 259 g/mol. The summed E-state index contributed by atoms with van der Waals surface area (Å²) in [4.78, 5) is 0. The van der Waals surface area contributed by atoms with Gasteiger partial charge in [-0.3, -0.25) is 0 Å². The van der Waals surface area contributed by atoms with Gasteiger partial charge in [-0.15, -0.1) is 5.10 Å². The summed E-state index contributed by atoms with van der Waals surface area (Å²) in [6.07, 6.45) is 0. The molecule has 3 N–H and O–H groups in total. The van der Waals surface area contributed by atoms with E-state index in [1.54, 1.807) is 18.2 Å². The summed E-state index contributed by atoms with van der Waals surface area (Å²) < 4.78 is 5.17. The van der Waals surface area contributed by atoms with Crippen LogP contribution in [0.2, 0.25) is 10.0 Å². The highest BCUT2D eigenvalue weighted by Gasteiger charge is 2.07. The molecular formula is C9H8Cl2N4O. The number of rotatable bonds is 3. The molecule has 7 heteroatoms. The van der Waals surface area contributed by atoms with Crippen molar-refractivity contribution < 1.29 is 4.42 Å². The van der Waals surface area contributed by atoms with Gasteiger partial charge in [0.2, 0.25) is 5.89 Å². The second-order valence-electron chi connectivity index (χ2n) is 2.95. The molecule has 0 unspecified atom stereocenters. The fraction of sp³-hybridized carbons (Fsp3) is 0.111. The molecule has 0 saturated heterocycles. The minimum Gasteiger partial charge on any atom is -0.406 e. The van der Waals surface area contributed by atoms with E-state index >= 15 is 0 Å². The molecule has 0 aliphatic heterocycles. The highest BCUT2D eigenvalue weighted by molar-refractivity contribution is 6.36. The van der Waals surface area contributed by atoms with Crippen molar-refractivity contribution in [2.45, 2.75) is 6.54 Å². The molecule has 0 radical (unpaired) electrons. The van der Waals surface area contributed by atoms with E-state index in [-0.39, 0.29) is 12.6 Å². The predicted molar refractivity (Wildman–Crippen MR) is 61.9 cm³/mol. The molecule has 1 heterocycles. The summed E-state index contributed by atoms with van der Waals surface area (Å²) in [6.45, 7) is 0.197. The lowest BCUT2D eigenvalue weighted by atomic mass is 10.3. The molecule has 0 bridgehead atoms. The Bertz CT molecular complexity index is 500. The molecule has 0 amide bonds. The monoisotopic (exact) mass is 258 g/mol. The maximum absolute atomic E-state index is 5.96. The Hall–Kier alpha value is -1.30. The van der Waals surface area contributed by atoms with Gasteiger partial charge < -0.3 is 15.5 Å². The number of halogens is 2. The van der Waals surface area contributed by atoms with Crippen molar-refractivity contribution >= 4 is 34.9 Å². The van der Waals surface area contributed by atoms with Crippen LogP contribution in [0, 0.1) is 0 Å². The number of hydrogen-bond acceptors (Lipinski definition) is 5. The maximum Gasteiger partial charge on any atom is 0.320 e. The number of nitrogens with two attached hydrogens (primary N) is 1. The Morgan fingerprint density at radius 3 is 2.75 bits per heavy atom. The van der Waals surface area contributed by atoms with Crippen LogP contribution in [0.1, 0.15) is 5.89 Å². The molecule has 0 saturated carbocycles. The van der Waals surface area contributed by atoms with E-state index in [0.29, 0.717) is 21.6 Å². The lowest BCUT2D eigenvalue weighted by molar-refractivity contribution is 0.511. The Morgan fingerprint density at radius 1 is 1.31 bits per heavy atom. The Balaban J connectivity index is 2.20. The zero-order chi connectivity index (χ0) is 11.5. The minimum absolute atomic E-state index is 0.197. The quantitative estimate of drug-likeness (QED) is 0.885. The van der Waals surface area contributed by atoms with Crippen molar-refractivity contribution in [2.24, 2.45) is 5.73 Å². The first-order chi connectivity index (χ1) is 7.69. The molecule has 0 fully saturated rings. The number of benzene rings is 1. The van der Waals surface area contributed by atoms with E-state index in [4.69, 9.17) is 33.4 Å². The maximum atomic E-state index is 5.96. The molecule has 0 aliphatic carbocycles. The third kappa shape index (κ3) is 2.44. The molecular weight excluding hydrogens is 251 g/mol. The topological polar surface area (TPSA) is 77.0 Å². The van der Waals surface area contributed by atoms with E-state index in [9.17, 15) is 0 Å². The Morgan fingerprint density at radius 2 is 2.12 bits per heavy atom. The van der Waals surface area contributed by atoms with Crippen LogP contribution in [0.25, 0.3) is 0 Å². The second-order valence-corrected chi connectivity index (χ2v) is 3.80. The van der Waals surface area contributed by atoms with Crippen molar-refractivity contribution in [1.82, 2.24) is 10.2 Å². The second kappa shape index (κ2) is 4.69. The highest BCUT2D eigenvalue weighted by atomic mass is 35.5. The van der Waals surface area contributed by atoms with Crippen molar-refractivity contribution in [3.8, 4) is 0 Å². The van der Waals surface area contributed by atoms with Crippen LogP contribution in [0.15, 0.2) is 22.6 Å². The van der Waals surface area contributed by atoms with Gasteiger partial charge in [0.15, 0.2) is 0 Å². The van der Waals surface area contributed by atoms with Gasteiger partial charge in [-0.25, -0.2) is 0 Å². The molecule has 0 spiro atoms. The smallest absolute Gasteiger partial charge is 0.320 e. The predicted octanol–water partition coefficient (Wildman–Crippen LogP) is 2.58. The third-order valence-corrected chi connectivity index (χ3v) is 2.36. The van der Waals surface area contributed by atoms with Crippen LogP contribution in [0.3, 0.4) is 0 Å². The van der Waals surface area contributed by atoms with Crippen LogP contribution < -0.4 is 11.1 Å². The lowest BCUT2D eigenvalue weighted by Gasteiger charge is -2.03. The first-order valence-electron chi connectivity index (χ1n) is 4.43. The molecule has 1 aromatic heterocycles. The molecule has 1 aromatic carbocycles. The lowest BCUT2D eigenvalue weighted by Crippen LogP contribution is -1.95. The average Bonchev–Trinajstić information content (AvgIpc) is 2.70. The van der Waals surface area contributed by atoms with Gasteiger partial charge >= 0.3 is 6.01 Å². The fourth-order valence-corrected chi connectivity index (χ4v) is 1.55. The van der Waals surface area contributed by atoms with Gasteiger partial charge in [0.25, 0.3) is 0 Å². The first-order valence-corrected chi connectivity index (χ1v) is 5.19. The minimum atomic E-state index is 0.197. The molecule has 2 rings (SSSR count). The summed E-state index contributed by atoms with van der Waals surface area (Å²) >= 11 is 11.7. The number of hydrogen-bond donors (Lipinski definition) is 2. The van der Waals surface area contributed by atoms with Gasteiger partial charge in [-0.1, -0.05) is 28.3 Å². The third-order valence-electron chi connectivity index (χ3n) is 1.81. The van der Waals surface area contributed by atoms with Gasteiger partial charge in [0.1, 0.15) is 0 Å². The van der Waals surface area contributed by atoms with Crippen LogP contribution in [0.5, 0.6) is 0 Å². The van der Waals surface area contributed by atoms with Crippen LogP contribution in [0.4, 0.5) is 11.7 Å². The number of aromatic nitrogens is 2. The van der Waals surface area contributed by atoms with Crippen molar-refractivity contribution in [3.63, 3.8) is 0 Å². The molecule has 0 atom stereocenters. The van der Waals surface area contributed by atoms with Crippen molar-refractivity contribution in [2.75, 3.05) is 5.32 Å². The van der Waals surface area contributed by atoms with Gasteiger partial charge in [-0.2, -0.15) is 0 Å². The van der Waals surface area contributed by atoms with Crippen molar-refractivity contribution in [3.05, 3.63) is 34.1 Å². The van der Waals surface area contributed by atoms with Gasteiger partial charge in [-0.05, 0) is 18.2 Å². The molecule has 84 valence electrons. The molecule has 5 nitrogen and oxygen atoms in total. The summed E-state index contributed by atoms with van der Waals surface area (Å²) in [5, 5.41) is 11.4. The Kier molecular flexibility index (Phi) is 3.28. The zero-order valence-corrected chi connectivity index (χ0v) is 9.59. The number of nitrogens with zero attached hydrogens (tertiary/aromatic N) is 2. The van der Waals surface area contributed by atoms with Gasteiger partial charge in [0.05, 0.1) is 17.3 Å². The fourth-order valence-electron chi connectivity index (χ4n) is 1.09.